The topological polar surface area (TPSA) is 59.6 Å². The highest BCUT2D eigenvalue weighted by atomic mass is 16.5. The number of anilines is 1. The van der Waals surface area contributed by atoms with Crippen molar-refractivity contribution >= 4 is 11.7 Å². The minimum atomic E-state index is -0.241. The molecule has 0 aliphatic heterocycles. The van der Waals surface area contributed by atoms with Crippen LogP contribution in [-0.2, 0) is 17.9 Å². The molecule has 0 atom stereocenters. The van der Waals surface area contributed by atoms with E-state index in [0.717, 1.165) is 22.6 Å². The van der Waals surface area contributed by atoms with Crippen molar-refractivity contribution in [3.63, 3.8) is 0 Å². The van der Waals surface area contributed by atoms with Crippen molar-refractivity contribution in [3.8, 4) is 5.75 Å². The zero-order valence-electron chi connectivity index (χ0n) is 13.5. The summed E-state index contributed by atoms with van der Waals surface area (Å²) in [5.41, 5.74) is 2.86. The zero-order chi connectivity index (χ0) is 16.5. The number of methoxy groups -OCH3 is 1. The Morgan fingerprint density at radius 3 is 2.26 bits per heavy atom. The first-order valence-corrected chi connectivity index (χ1v) is 7.55. The van der Waals surface area contributed by atoms with Gasteiger partial charge in [-0.25, -0.2) is 4.79 Å². The third-order valence-corrected chi connectivity index (χ3v) is 3.21. The van der Waals surface area contributed by atoms with E-state index in [2.05, 4.69) is 10.6 Å². The second-order valence-electron chi connectivity index (χ2n) is 5.01. The first-order valence-electron chi connectivity index (χ1n) is 7.55. The van der Waals surface area contributed by atoms with Gasteiger partial charge in [0.25, 0.3) is 0 Å². The number of benzene rings is 2. The first kappa shape index (κ1) is 16.8. The Kier molecular flexibility index (Phi) is 6.44. The molecule has 0 spiro atoms. The molecule has 0 heterocycles. The number of carbonyl (C=O) groups excluding carboxylic acids is 1. The van der Waals surface area contributed by atoms with E-state index in [0.29, 0.717) is 19.8 Å². The van der Waals surface area contributed by atoms with E-state index in [-0.39, 0.29) is 6.03 Å². The first-order chi connectivity index (χ1) is 11.2. The highest BCUT2D eigenvalue weighted by Gasteiger charge is 2.02. The van der Waals surface area contributed by atoms with Gasteiger partial charge in [-0.3, -0.25) is 0 Å². The Balaban J connectivity index is 1.80. The molecular weight excluding hydrogens is 292 g/mol. The summed E-state index contributed by atoms with van der Waals surface area (Å²) in [6.45, 7) is 3.61. The molecule has 5 nitrogen and oxygen atoms in total. The molecular formula is C18H22N2O3. The number of ether oxygens (including phenoxy) is 2. The van der Waals surface area contributed by atoms with Gasteiger partial charge in [-0.2, -0.15) is 0 Å². The average Bonchev–Trinajstić information content (AvgIpc) is 2.57. The predicted molar refractivity (Wildman–Crippen MR) is 90.6 cm³/mol. The summed E-state index contributed by atoms with van der Waals surface area (Å²) in [7, 11) is 1.67. The lowest BCUT2D eigenvalue weighted by Crippen LogP contribution is -2.28. The van der Waals surface area contributed by atoms with Gasteiger partial charge in [-0.15, -0.1) is 0 Å². The number of hydrogen-bond donors (Lipinski definition) is 2. The maximum Gasteiger partial charge on any atom is 0.319 e. The van der Waals surface area contributed by atoms with Gasteiger partial charge in [0.1, 0.15) is 5.75 Å². The monoisotopic (exact) mass is 314 g/mol. The minimum Gasteiger partial charge on any atom is -0.494 e. The summed E-state index contributed by atoms with van der Waals surface area (Å²) < 4.78 is 10.4. The summed E-state index contributed by atoms with van der Waals surface area (Å²) >= 11 is 0. The molecule has 122 valence electrons. The van der Waals surface area contributed by atoms with Crippen molar-refractivity contribution in [2.75, 3.05) is 19.0 Å². The predicted octanol–water partition coefficient (Wildman–Crippen LogP) is 3.55. The fraction of sp³-hybridized carbons (Fsp3) is 0.278. The molecule has 0 unspecified atom stereocenters. The number of nitrogens with one attached hydrogen (secondary N) is 2. The highest BCUT2D eigenvalue weighted by molar-refractivity contribution is 5.89. The van der Waals surface area contributed by atoms with Crippen molar-refractivity contribution < 1.29 is 14.3 Å². The molecule has 0 bridgehead atoms. The molecule has 0 aliphatic rings. The van der Waals surface area contributed by atoms with E-state index in [9.17, 15) is 4.79 Å². The van der Waals surface area contributed by atoms with Crippen molar-refractivity contribution in [3.05, 3.63) is 59.7 Å². The van der Waals surface area contributed by atoms with Crippen LogP contribution in [0.1, 0.15) is 18.1 Å². The molecule has 0 aromatic heterocycles. The standard InChI is InChI=1S/C18H22N2O3/c1-3-23-17-10-8-16(9-11-17)20-18(21)19-12-14-4-6-15(7-5-14)13-22-2/h4-11H,3,12-13H2,1-2H3,(H2,19,20,21). The summed E-state index contributed by atoms with van der Waals surface area (Å²) in [6.07, 6.45) is 0. The number of hydrogen-bond acceptors (Lipinski definition) is 3. The van der Waals surface area contributed by atoms with Crippen LogP contribution in [0.4, 0.5) is 10.5 Å². The van der Waals surface area contributed by atoms with Gasteiger partial charge < -0.3 is 20.1 Å². The summed E-state index contributed by atoms with van der Waals surface area (Å²) in [5.74, 6) is 0.787. The van der Waals surface area contributed by atoms with Gasteiger partial charge in [0, 0.05) is 19.3 Å². The molecule has 0 saturated carbocycles. The van der Waals surface area contributed by atoms with Crippen LogP contribution in [-0.4, -0.2) is 19.7 Å². The number of rotatable bonds is 7. The third-order valence-electron chi connectivity index (χ3n) is 3.21. The summed E-state index contributed by atoms with van der Waals surface area (Å²) in [6, 6.07) is 15.0. The number of amides is 2. The van der Waals surface area contributed by atoms with Crippen LogP contribution in [0.15, 0.2) is 48.5 Å². The summed E-state index contributed by atoms with van der Waals surface area (Å²) in [4.78, 5) is 11.9. The SMILES string of the molecule is CCOc1ccc(NC(=O)NCc2ccc(COC)cc2)cc1. The van der Waals surface area contributed by atoms with Gasteiger partial charge in [0.05, 0.1) is 13.2 Å². The molecule has 23 heavy (non-hydrogen) atoms. The minimum absolute atomic E-state index is 0.241. The Hall–Kier alpha value is -2.53. The van der Waals surface area contributed by atoms with E-state index < -0.39 is 0 Å². The largest absolute Gasteiger partial charge is 0.494 e. The summed E-state index contributed by atoms with van der Waals surface area (Å²) in [5, 5.41) is 5.61. The van der Waals surface area contributed by atoms with E-state index in [1.165, 1.54) is 0 Å². The van der Waals surface area contributed by atoms with Gasteiger partial charge in [-0.1, -0.05) is 24.3 Å². The van der Waals surface area contributed by atoms with Crippen LogP contribution in [0.3, 0.4) is 0 Å². The number of carbonyl (C=O) groups is 1. The quantitative estimate of drug-likeness (QED) is 0.821. The molecule has 2 aromatic carbocycles. The van der Waals surface area contributed by atoms with Crippen molar-refractivity contribution in [2.24, 2.45) is 0 Å². The van der Waals surface area contributed by atoms with Crippen LogP contribution in [0, 0.1) is 0 Å². The van der Waals surface area contributed by atoms with Gasteiger partial charge in [-0.05, 0) is 42.3 Å². The van der Waals surface area contributed by atoms with Crippen LogP contribution in [0.5, 0.6) is 5.75 Å². The molecule has 2 aromatic rings. The molecule has 0 radical (unpaired) electrons. The lowest BCUT2D eigenvalue weighted by molar-refractivity contribution is 0.185. The van der Waals surface area contributed by atoms with Crippen LogP contribution >= 0.6 is 0 Å². The lowest BCUT2D eigenvalue weighted by atomic mass is 10.1. The third kappa shape index (κ3) is 5.64. The van der Waals surface area contributed by atoms with Crippen LogP contribution in [0.2, 0.25) is 0 Å². The van der Waals surface area contributed by atoms with E-state index >= 15 is 0 Å². The number of urea groups is 1. The van der Waals surface area contributed by atoms with Gasteiger partial charge in [0.15, 0.2) is 0 Å². The maximum atomic E-state index is 11.9. The fourth-order valence-corrected chi connectivity index (χ4v) is 2.08. The molecule has 0 fully saturated rings. The fourth-order valence-electron chi connectivity index (χ4n) is 2.08. The lowest BCUT2D eigenvalue weighted by Gasteiger charge is -2.09. The van der Waals surface area contributed by atoms with Crippen LogP contribution in [0.25, 0.3) is 0 Å². The van der Waals surface area contributed by atoms with E-state index in [1.54, 1.807) is 7.11 Å². The Morgan fingerprint density at radius 1 is 1.00 bits per heavy atom. The molecule has 2 rings (SSSR count). The maximum absolute atomic E-state index is 11.9. The van der Waals surface area contributed by atoms with Gasteiger partial charge >= 0.3 is 6.03 Å². The van der Waals surface area contributed by atoms with E-state index in [4.69, 9.17) is 9.47 Å². The zero-order valence-corrected chi connectivity index (χ0v) is 13.5. The van der Waals surface area contributed by atoms with Crippen molar-refractivity contribution in [2.45, 2.75) is 20.1 Å². The molecule has 2 amide bonds. The molecule has 2 N–H and O–H groups in total. The van der Waals surface area contributed by atoms with Gasteiger partial charge in [0.2, 0.25) is 0 Å². The molecule has 0 aliphatic carbocycles. The Bertz CT molecular complexity index is 609. The second-order valence-corrected chi connectivity index (χ2v) is 5.01. The van der Waals surface area contributed by atoms with Crippen LogP contribution < -0.4 is 15.4 Å². The highest BCUT2D eigenvalue weighted by Crippen LogP contribution is 2.15. The average molecular weight is 314 g/mol. The molecule has 5 heteroatoms. The van der Waals surface area contributed by atoms with Crippen molar-refractivity contribution in [1.82, 2.24) is 5.32 Å². The van der Waals surface area contributed by atoms with Crippen molar-refractivity contribution in [1.29, 1.82) is 0 Å². The van der Waals surface area contributed by atoms with E-state index in [1.807, 2.05) is 55.5 Å². The Morgan fingerprint density at radius 2 is 1.65 bits per heavy atom. The normalized spacial score (nSPS) is 10.2. The smallest absolute Gasteiger partial charge is 0.319 e. The second kappa shape index (κ2) is 8.80. The Labute approximate surface area is 136 Å². The molecule has 0 saturated heterocycles.